The molecule has 0 atom stereocenters. The van der Waals surface area contributed by atoms with Gasteiger partial charge in [-0.05, 0) is 30.3 Å². The van der Waals surface area contributed by atoms with Crippen LogP contribution in [0.4, 0.5) is 18.9 Å². The highest BCUT2D eigenvalue weighted by molar-refractivity contribution is 7.90. The molecule has 0 saturated carbocycles. The highest BCUT2D eigenvalue weighted by Gasteiger charge is 2.30. The molecule has 1 heterocycles. The predicted octanol–water partition coefficient (Wildman–Crippen LogP) is 2.98. The molecule has 0 amide bonds. The first-order valence-electron chi connectivity index (χ1n) is 6.47. The molecule has 23 heavy (non-hydrogen) atoms. The molecule has 3 rings (SSSR count). The number of hydrogen-bond donors (Lipinski definition) is 2. The van der Waals surface area contributed by atoms with Gasteiger partial charge in [0, 0.05) is 28.9 Å². The monoisotopic (exact) mass is 343 g/mol. The van der Waals surface area contributed by atoms with E-state index in [0.717, 1.165) is 16.4 Å². The van der Waals surface area contributed by atoms with Gasteiger partial charge in [-0.25, -0.2) is 5.14 Å². The molecule has 0 aliphatic carbocycles. The van der Waals surface area contributed by atoms with Gasteiger partial charge in [0.25, 0.3) is 10.2 Å². The van der Waals surface area contributed by atoms with E-state index in [4.69, 9.17) is 5.14 Å². The van der Waals surface area contributed by atoms with Crippen molar-refractivity contribution in [3.05, 3.63) is 42.0 Å². The minimum atomic E-state index is -4.43. The summed E-state index contributed by atoms with van der Waals surface area (Å²) < 4.78 is 62.1. The van der Waals surface area contributed by atoms with Crippen molar-refractivity contribution in [2.24, 2.45) is 5.14 Å². The van der Waals surface area contributed by atoms with E-state index in [0.29, 0.717) is 27.5 Å². The van der Waals surface area contributed by atoms with Crippen LogP contribution in [0.1, 0.15) is 5.56 Å². The number of aromatic nitrogens is 1. The van der Waals surface area contributed by atoms with Crippen LogP contribution in [0.25, 0.3) is 21.8 Å². The van der Waals surface area contributed by atoms with E-state index >= 15 is 0 Å². The summed E-state index contributed by atoms with van der Waals surface area (Å²) in [6, 6.07) is 7.98. The number of alkyl halides is 3. The maximum Gasteiger partial charge on any atom is 0.416 e. The third-order valence-electron chi connectivity index (χ3n) is 3.65. The largest absolute Gasteiger partial charge is 0.416 e. The zero-order chi connectivity index (χ0) is 17.0. The number of nitrogens with two attached hydrogens (primary N) is 1. The molecule has 0 saturated heterocycles. The predicted molar refractivity (Wildman–Crippen MR) is 82.3 cm³/mol. The standard InChI is InChI=1S/C14H12F3N3O2S/c1-20(23(18,21)22)9-3-4-10-11-6-8(14(15,16)17)2-5-12(11)19-13(10)7-9/h2-7,19H,1H3,(H2,18,21,22). The van der Waals surface area contributed by atoms with Gasteiger partial charge in [-0.3, -0.25) is 4.31 Å². The highest BCUT2D eigenvalue weighted by Crippen LogP contribution is 2.35. The van der Waals surface area contributed by atoms with Crippen molar-refractivity contribution in [1.29, 1.82) is 0 Å². The minimum absolute atomic E-state index is 0.308. The lowest BCUT2D eigenvalue weighted by molar-refractivity contribution is -0.137. The van der Waals surface area contributed by atoms with Crippen molar-refractivity contribution in [2.75, 3.05) is 11.4 Å². The second-order valence-electron chi connectivity index (χ2n) is 5.13. The van der Waals surface area contributed by atoms with Gasteiger partial charge in [-0.15, -0.1) is 0 Å². The first-order chi connectivity index (χ1) is 10.6. The Hall–Kier alpha value is -2.26. The van der Waals surface area contributed by atoms with E-state index in [1.54, 1.807) is 6.07 Å². The van der Waals surface area contributed by atoms with Crippen LogP contribution in [0.3, 0.4) is 0 Å². The topological polar surface area (TPSA) is 79.2 Å². The number of anilines is 1. The molecule has 3 N–H and O–H groups in total. The Kier molecular flexibility index (Phi) is 3.31. The number of rotatable bonds is 2. The van der Waals surface area contributed by atoms with Gasteiger partial charge in [0.1, 0.15) is 0 Å². The van der Waals surface area contributed by atoms with E-state index < -0.39 is 21.9 Å². The second kappa shape index (κ2) is 4.87. The number of nitrogens with zero attached hydrogens (tertiary/aromatic N) is 1. The van der Waals surface area contributed by atoms with Crippen molar-refractivity contribution >= 4 is 37.7 Å². The van der Waals surface area contributed by atoms with Gasteiger partial charge in [0.05, 0.1) is 11.3 Å². The molecule has 0 radical (unpaired) electrons. The van der Waals surface area contributed by atoms with Crippen molar-refractivity contribution in [3.63, 3.8) is 0 Å². The average Bonchev–Trinajstić information content (AvgIpc) is 2.81. The summed E-state index contributed by atoms with van der Waals surface area (Å²) in [5, 5.41) is 6.04. The Morgan fingerprint density at radius 3 is 2.35 bits per heavy atom. The number of halogens is 3. The summed E-state index contributed by atoms with van der Waals surface area (Å²) >= 11 is 0. The molecule has 2 aromatic carbocycles. The molecule has 0 unspecified atom stereocenters. The van der Waals surface area contributed by atoms with Gasteiger partial charge in [0.2, 0.25) is 0 Å². The zero-order valence-electron chi connectivity index (χ0n) is 11.8. The van der Waals surface area contributed by atoms with Crippen molar-refractivity contribution < 1.29 is 21.6 Å². The first-order valence-corrected chi connectivity index (χ1v) is 7.97. The first kappa shape index (κ1) is 15.6. The van der Waals surface area contributed by atoms with E-state index in [1.807, 2.05) is 0 Å². The van der Waals surface area contributed by atoms with E-state index in [9.17, 15) is 21.6 Å². The Balaban J connectivity index is 2.21. The third kappa shape index (κ3) is 2.73. The highest BCUT2D eigenvalue weighted by atomic mass is 32.2. The van der Waals surface area contributed by atoms with Gasteiger partial charge in [-0.2, -0.15) is 21.6 Å². The van der Waals surface area contributed by atoms with Crippen LogP contribution >= 0.6 is 0 Å². The maximum absolute atomic E-state index is 12.8. The Morgan fingerprint density at radius 2 is 1.74 bits per heavy atom. The number of hydrogen-bond acceptors (Lipinski definition) is 2. The fraction of sp³-hybridized carbons (Fsp3) is 0.143. The molecule has 0 spiro atoms. The van der Waals surface area contributed by atoms with E-state index in [-0.39, 0.29) is 0 Å². The molecule has 9 heteroatoms. The number of benzene rings is 2. The van der Waals surface area contributed by atoms with Crippen LogP contribution in [0, 0.1) is 0 Å². The molecule has 0 aliphatic rings. The average molecular weight is 343 g/mol. The minimum Gasteiger partial charge on any atom is -0.354 e. The maximum atomic E-state index is 12.8. The molecule has 0 fully saturated rings. The summed E-state index contributed by atoms with van der Waals surface area (Å²) in [6.45, 7) is 0. The molecule has 1 aromatic heterocycles. The Morgan fingerprint density at radius 1 is 1.04 bits per heavy atom. The SMILES string of the molecule is CN(c1ccc2c(c1)[nH]c1ccc(C(F)(F)F)cc12)S(N)(=O)=O. The number of nitrogens with one attached hydrogen (secondary N) is 1. The lowest BCUT2D eigenvalue weighted by atomic mass is 10.1. The summed E-state index contributed by atoms with van der Waals surface area (Å²) in [4.78, 5) is 2.97. The number of fused-ring (bicyclic) bond motifs is 3. The molecular weight excluding hydrogens is 331 g/mol. The van der Waals surface area contributed by atoms with Crippen LogP contribution in [-0.4, -0.2) is 20.4 Å². The Labute approximate surface area is 129 Å². The summed E-state index contributed by atoms with van der Waals surface area (Å²) in [7, 11) is -2.62. The second-order valence-corrected chi connectivity index (χ2v) is 6.70. The summed E-state index contributed by atoms with van der Waals surface area (Å²) in [5.74, 6) is 0. The van der Waals surface area contributed by atoms with E-state index in [1.165, 1.54) is 25.2 Å². The normalized spacial score (nSPS) is 12.9. The molecular formula is C14H12F3N3O2S. The molecule has 0 bridgehead atoms. The Bertz CT molecular complexity index is 1010. The number of aromatic amines is 1. The van der Waals surface area contributed by atoms with Crippen molar-refractivity contribution in [1.82, 2.24) is 4.98 Å². The van der Waals surface area contributed by atoms with Crippen molar-refractivity contribution in [3.8, 4) is 0 Å². The zero-order valence-corrected chi connectivity index (χ0v) is 12.7. The van der Waals surface area contributed by atoms with Crippen LogP contribution in [0.15, 0.2) is 36.4 Å². The molecule has 5 nitrogen and oxygen atoms in total. The molecule has 122 valence electrons. The van der Waals surface area contributed by atoms with Crippen molar-refractivity contribution in [2.45, 2.75) is 6.18 Å². The summed E-state index contributed by atoms with van der Waals surface area (Å²) in [6.07, 6.45) is -4.43. The quantitative estimate of drug-likeness (QED) is 0.750. The smallest absolute Gasteiger partial charge is 0.354 e. The van der Waals surface area contributed by atoms with Gasteiger partial charge in [0.15, 0.2) is 0 Å². The van der Waals surface area contributed by atoms with Crippen LogP contribution in [-0.2, 0) is 16.4 Å². The molecule has 0 aliphatic heterocycles. The van der Waals surface area contributed by atoms with Gasteiger partial charge < -0.3 is 4.98 Å². The lowest BCUT2D eigenvalue weighted by Crippen LogP contribution is -2.32. The van der Waals surface area contributed by atoms with Crippen LogP contribution in [0.2, 0.25) is 0 Å². The fourth-order valence-electron chi connectivity index (χ4n) is 2.41. The molecule has 3 aromatic rings. The van der Waals surface area contributed by atoms with Gasteiger partial charge in [-0.1, -0.05) is 6.07 Å². The lowest BCUT2D eigenvalue weighted by Gasteiger charge is -2.15. The number of H-pyrrole nitrogens is 1. The van der Waals surface area contributed by atoms with E-state index in [2.05, 4.69) is 4.98 Å². The van der Waals surface area contributed by atoms with Crippen LogP contribution in [0.5, 0.6) is 0 Å². The summed E-state index contributed by atoms with van der Waals surface area (Å²) in [5.41, 5.74) is 0.620. The van der Waals surface area contributed by atoms with Gasteiger partial charge >= 0.3 is 6.18 Å². The third-order valence-corrected chi connectivity index (χ3v) is 4.63. The fourth-order valence-corrected chi connectivity index (χ4v) is 2.82. The van der Waals surface area contributed by atoms with Crippen LogP contribution < -0.4 is 9.44 Å².